The van der Waals surface area contributed by atoms with Gasteiger partial charge in [-0.1, -0.05) is 6.42 Å². The third kappa shape index (κ3) is 3.33. The van der Waals surface area contributed by atoms with Crippen molar-refractivity contribution in [1.29, 1.82) is 0 Å². The number of nitrogens with zero attached hydrogens (tertiary/aromatic N) is 4. The highest BCUT2D eigenvalue weighted by Gasteiger charge is 2.38. The number of hydrogen-bond acceptors (Lipinski definition) is 7. The molecule has 1 saturated heterocycles. The van der Waals surface area contributed by atoms with Crippen molar-refractivity contribution in [1.82, 2.24) is 36.4 Å². The number of rotatable bonds is 5. The van der Waals surface area contributed by atoms with E-state index < -0.39 is 0 Å². The van der Waals surface area contributed by atoms with Gasteiger partial charge < -0.3 is 15.4 Å². The van der Waals surface area contributed by atoms with E-state index in [1.807, 2.05) is 0 Å². The van der Waals surface area contributed by atoms with Crippen molar-refractivity contribution in [2.45, 2.75) is 31.3 Å². The maximum absolute atomic E-state index is 12.3. The molecule has 4 N–H and O–H groups in total. The third-order valence-corrected chi connectivity index (χ3v) is 5.07. The second-order valence-corrected chi connectivity index (χ2v) is 6.57. The van der Waals surface area contributed by atoms with Crippen molar-refractivity contribution in [2.24, 2.45) is 5.92 Å². The number of ether oxygens (including phenoxy) is 1. The first-order valence-electron chi connectivity index (χ1n) is 8.72. The summed E-state index contributed by atoms with van der Waals surface area (Å²) >= 11 is 0. The molecule has 10 nitrogen and oxygen atoms in total. The Hall–Kier alpha value is -2.72. The van der Waals surface area contributed by atoms with Gasteiger partial charge >= 0.3 is 6.03 Å². The van der Waals surface area contributed by atoms with E-state index in [1.165, 1.54) is 30.3 Å². The summed E-state index contributed by atoms with van der Waals surface area (Å²) < 4.78 is 6.89. The Balaban J connectivity index is 1.36. The number of hydrogen-bond donors (Lipinski definition) is 4. The van der Waals surface area contributed by atoms with Crippen molar-refractivity contribution in [2.75, 3.05) is 19.0 Å². The monoisotopic (exact) mass is 358 g/mol. The maximum Gasteiger partial charge on any atom is 0.319 e. The fourth-order valence-electron chi connectivity index (χ4n) is 3.75. The van der Waals surface area contributed by atoms with Gasteiger partial charge in [-0.15, -0.1) is 5.10 Å². The van der Waals surface area contributed by atoms with Crippen LogP contribution in [0.4, 0.5) is 10.5 Å². The quantitative estimate of drug-likeness (QED) is 0.612. The molecule has 1 aliphatic carbocycles. The number of carbonyl (C=O) groups excluding carboxylic acids is 1. The first kappa shape index (κ1) is 16.7. The first-order valence-corrected chi connectivity index (χ1v) is 8.72. The molecule has 0 bridgehead atoms. The molecule has 2 aromatic rings. The molecule has 2 amide bonds. The second kappa shape index (κ2) is 7.26. The molecule has 0 radical (unpaired) electrons. The molecule has 1 saturated carbocycles. The molecule has 2 heterocycles. The summed E-state index contributed by atoms with van der Waals surface area (Å²) in [5, 5.41) is 16.8. The summed E-state index contributed by atoms with van der Waals surface area (Å²) in [4.78, 5) is 12.3. The summed E-state index contributed by atoms with van der Waals surface area (Å²) in [5.41, 5.74) is 7.93. The van der Waals surface area contributed by atoms with Crippen molar-refractivity contribution < 1.29 is 9.53 Å². The minimum absolute atomic E-state index is 0.261. The van der Waals surface area contributed by atoms with Crippen LogP contribution in [0.15, 0.2) is 24.5 Å². The van der Waals surface area contributed by atoms with Gasteiger partial charge in [0.15, 0.2) is 0 Å². The van der Waals surface area contributed by atoms with Gasteiger partial charge in [0, 0.05) is 24.7 Å². The van der Waals surface area contributed by atoms with Crippen LogP contribution in [0.2, 0.25) is 0 Å². The number of benzene rings is 1. The number of nitrogens with one attached hydrogen (secondary N) is 4. The van der Waals surface area contributed by atoms with Crippen LogP contribution in [0, 0.1) is 5.92 Å². The highest BCUT2D eigenvalue weighted by atomic mass is 16.5. The normalized spacial score (nSPS) is 24.3. The van der Waals surface area contributed by atoms with Crippen LogP contribution < -0.4 is 26.2 Å². The lowest BCUT2D eigenvalue weighted by Gasteiger charge is -2.18. The Bertz CT molecular complexity index is 766. The van der Waals surface area contributed by atoms with E-state index in [2.05, 4.69) is 37.0 Å². The van der Waals surface area contributed by atoms with Gasteiger partial charge in [-0.2, -0.15) is 0 Å². The summed E-state index contributed by atoms with van der Waals surface area (Å²) in [6.07, 6.45) is 5.14. The fraction of sp³-hybridized carbons (Fsp3) is 0.500. The summed E-state index contributed by atoms with van der Waals surface area (Å²) in [6.45, 7) is 0.574. The lowest BCUT2D eigenvalue weighted by atomic mass is 9.97. The molecule has 1 aromatic heterocycles. The number of methoxy groups -OCH3 is 1. The molecule has 138 valence electrons. The number of hydrazine groups is 1. The van der Waals surface area contributed by atoms with E-state index in [4.69, 9.17) is 4.74 Å². The van der Waals surface area contributed by atoms with Crippen LogP contribution in [-0.4, -0.2) is 52.0 Å². The molecule has 1 aromatic carbocycles. The van der Waals surface area contributed by atoms with Gasteiger partial charge in [-0.05, 0) is 41.3 Å². The topological polar surface area (TPSA) is 118 Å². The number of aromatic nitrogens is 4. The minimum Gasteiger partial charge on any atom is -0.494 e. The standard InChI is InChI=1S/C16H22N8O2/c1-26-15-7-10(24-9-18-22-23-24)5-6-13(15)19-16(25)17-8-14-11-3-2-4-12(11)20-21-14/h5-7,9,11-12,14,20-21H,2-4,8H2,1H3,(H2,17,19,25). The van der Waals surface area contributed by atoms with Gasteiger partial charge in [0.25, 0.3) is 0 Å². The Morgan fingerprint density at radius 1 is 1.38 bits per heavy atom. The molecule has 26 heavy (non-hydrogen) atoms. The number of tetrazole rings is 1. The molecule has 3 atom stereocenters. The third-order valence-electron chi connectivity index (χ3n) is 5.07. The van der Waals surface area contributed by atoms with Crippen LogP contribution in [0.1, 0.15) is 19.3 Å². The molecule has 2 aliphatic rings. The van der Waals surface area contributed by atoms with E-state index in [9.17, 15) is 4.79 Å². The van der Waals surface area contributed by atoms with E-state index in [1.54, 1.807) is 25.3 Å². The maximum atomic E-state index is 12.3. The Morgan fingerprint density at radius 2 is 2.31 bits per heavy atom. The molecule has 3 unspecified atom stereocenters. The molecule has 2 fully saturated rings. The average molecular weight is 358 g/mol. The number of anilines is 1. The SMILES string of the molecule is COc1cc(-n2cnnn2)ccc1NC(=O)NCC1NNC2CCCC21. The van der Waals surface area contributed by atoms with E-state index in [-0.39, 0.29) is 12.1 Å². The first-order chi connectivity index (χ1) is 12.7. The Kier molecular flexibility index (Phi) is 4.67. The molecule has 0 spiro atoms. The van der Waals surface area contributed by atoms with Gasteiger partial charge in [0.05, 0.1) is 18.5 Å². The molecular formula is C16H22N8O2. The van der Waals surface area contributed by atoms with E-state index >= 15 is 0 Å². The van der Waals surface area contributed by atoms with Crippen LogP contribution in [0.5, 0.6) is 5.75 Å². The average Bonchev–Trinajstić information content (AvgIpc) is 3.38. The number of fused-ring (bicyclic) bond motifs is 1. The molecule has 1 aliphatic heterocycles. The smallest absolute Gasteiger partial charge is 0.319 e. The highest BCUT2D eigenvalue weighted by molar-refractivity contribution is 5.91. The van der Waals surface area contributed by atoms with Crippen LogP contribution >= 0.6 is 0 Å². The zero-order valence-electron chi connectivity index (χ0n) is 14.5. The van der Waals surface area contributed by atoms with E-state index in [0.29, 0.717) is 29.9 Å². The fourth-order valence-corrected chi connectivity index (χ4v) is 3.75. The number of carbonyl (C=O) groups is 1. The Morgan fingerprint density at radius 3 is 3.12 bits per heavy atom. The highest BCUT2D eigenvalue weighted by Crippen LogP contribution is 2.31. The van der Waals surface area contributed by atoms with Crippen LogP contribution in [0.25, 0.3) is 5.69 Å². The second-order valence-electron chi connectivity index (χ2n) is 6.57. The van der Waals surface area contributed by atoms with Gasteiger partial charge in [0.1, 0.15) is 12.1 Å². The van der Waals surface area contributed by atoms with Gasteiger partial charge in [0.2, 0.25) is 0 Å². The van der Waals surface area contributed by atoms with Crippen molar-refractivity contribution in [3.63, 3.8) is 0 Å². The van der Waals surface area contributed by atoms with Crippen LogP contribution in [-0.2, 0) is 0 Å². The lowest BCUT2D eigenvalue weighted by Crippen LogP contribution is -2.43. The lowest BCUT2D eigenvalue weighted by molar-refractivity contribution is 0.250. The van der Waals surface area contributed by atoms with Crippen LogP contribution in [0.3, 0.4) is 0 Å². The minimum atomic E-state index is -0.262. The van der Waals surface area contributed by atoms with Crippen molar-refractivity contribution >= 4 is 11.7 Å². The van der Waals surface area contributed by atoms with E-state index in [0.717, 1.165) is 5.69 Å². The zero-order valence-corrected chi connectivity index (χ0v) is 14.5. The summed E-state index contributed by atoms with van der Waals surface area (Å²) in [7, 11) is 1.55. The predicted molar refractivity (Wildman–Crippen MR) is 93.9 cm³/mol. The molecule has 10 heteroatoms. The number of amides is 2. The largest absolute Gasteiger partial charge is 0.494 e. The summed E-state index contributed by atoms with van der Waals surface area (Å²) in [5.74, 6) is 1.12. The molecular weight excluding hydrogens is 336 g/mol. The molecule has 4 rings (SSSR count). The summed E-state index contributed by atoms with van der Waals surface area (Å²) in [6, 6.07) is 5.86. The van der Waals surface area contributed by atoms with Crippen molar-refractivity contribution in [3.05, 3.63) is 24.5 Å². The number of urea groups is 1. The van der Waals surface area contributed by atoms with Crippen molar-refractivity contribution in [3.8, 4) is 11.4 Å². The van der Waals surface area contributed by atoms with Gasteiger partial charge in [-0.25, -0.2) is 9.48 Å². The Labute approximate surface area is 150 Å². The zero-order chi connectivity index (χ0) is 17.9. The van der Waals surface area contributed by atoms with Gasteiger partial charge in [-0.3, -0.25) is 10.9 Å². The predicted octanol–water partition coefficient (Wildman–Crippen LogP) is 0.438.